The Labute approximate surface area is 58.3 Å². The SMILES string of the molecule is [CH2-]n1cnc2cnccc21. The van der Waals surface area contributed by atoms with Crippen LogP contribution in [0.15, 0.2) is 24.8 Å². The molecule has 2 rings (SSSR count). The Balaban J connectivity index is 2.93. The van der Waals surface area contributed by atoms with E-state index >= 15 is 0 Å². The van der Waals surface area contributed by atoms with Gasteiger partial charge in [0.05, 0.1) is 0 Å². The van der Waals surface area contributed by atoms with Crippen LogP contribution in [0.25, 0.3) is 11.0 Å². The Morgan fingerprint density at radius 3 is 3.20 bits per heavy atom. The van der Waals surface area contributed by atoms with Gasteiger partial charge in [0.25, 0.3) is 0 Å². The highest BCUT2D eigenvalue weighted by atomic mass is 15.0. The van der Waals surface area contributed by atoms with Gasteiger partial charge in [-0.2, -0.15) is 0 Å². The molecule has 0 aliphatic heterocycles. The van der Waals surface area contributed by atoms with Crippen LogP contribution in [0.1, 0.15) is 0 Å². The van der Waals surface area contributed by atoms with Crippen molar-refractivity contribution in [2.45, 2.75) is 0 Å². The van der Waals surface area contributed by atoms with Crippen molar-refractivity contribution in [3.63, 3.8) is 0 Å². The summed E-state index contributed by atoms with van der Waals surface area (Å²) in [7, 11) is 3.74. The molecule has 0 aliphatic carbocycles. The van der Waals surface area contributed by atoms with E-state index in [1.807, 2.05) is 6.07 Å². The monoisotopic (exact) mass is 132 g/mol. The Bertz CT molecular complexity index is 350. The fourth-order valence-electron chi connectivity index (χ4n) is 0.915. The maximum Gasteiger partial charge on any atom is 0.0408 e. The molecule has 3 nitrogen and oxygen atoms in total. The number of hydrogen-bond donors (Lipinski definition) is 0. The van der Waals surface area contributed by atoms with E-state index in [0.29, 0.717) is 0 Å². The zero-order chi connectivity index (χ0) is 6.97. The van der Waals surface area contributed by atoms with Gasteiger partial charge in [0, 0.05) is 17.9 Å². The molecule has 0 atom stereocenters. The lowest BCUT2D eigenvalue weighted by atomic mass is 10.4. The maximum absolute atomic E-state index is 4.06. The van der Waals surface area contributed by atoms with Gasteiger partial charge in [0.1, 0.15) is 0 Å². The van der Waals surface area contributed by atoms with Crippen LogP contribution < -0.4 is 0 Å². The number of nitrogens with zero attached hydrogens (tertiary/aromatic N) is 3. The fourth-order valence-corrected chi connectivity index (χ4v) is 0.915. The van der Waals surface area contributed by atoms with Crippen LogP contribution in [0.4, 0.5) is 0 Å². The summed E-state index contributed by atoms with van der Waals surface area (Å²) in [5.41, 5.74) is 1.90. The first-order valence-corrected chi connectivity index (χ1v) is 2.96. The highest BCUT2D eigenvalue weighted by Crippen LogP contribution is 2.07. The van der Waals surface area contributed by atoms with Crippen LogP contribution in [0.2, 0.25) is 0 Å². The molecule has 3 heteroatoms. The van der Waals surface area contributed by atoms with Gasteiger partial charge in [-0.3, -0.25) is 4.98 Å². The van der Waals surface area contributed by atoms with Crippen LogP contribution >= 0.6 is 0 Å². The number of aromatic nitrogens is 3. The molecule has 0 saturated heterocycles. The van der Waals surface area contributed by atoms with Gasteiger partial charge in [-0.15, -0.1) is 7.05 Å². The molecule has 0 N–H and O–H groups in total. The van der Waals surface area contributed by atoms with Crippen molar-refractivity contribution in [2.24, 2.45) is 0 Å². The van der Waals surface area contributed by atoms with Crippen molar-refractivity contribution >= 4 is 11.0 Å². The van der Waals surface area contributed by atoms with Crippen molar-refractivity contribution in [1.82, 2.24) is 14.5 Å². The highest BCUT2D eigenvalue weighted by Gasteiger charge is 1.86. The average Bonchev–Trinajstić information content (AvgIpc) is 2.34. The van der Waals surface area contributed by atoms with E-state index in [1.165, 1.54) is 0 Å². The Morgan fingerprint density at radius 2 is 2.40 bits per heavy atom. The topological polar surface area (TPSA) is 30.7 Å². The zero-order valence-electron chi connectivity index (χ0n) is 5.36. The third-order valence-electron chi connectivity index (χ3n) is 1.42. The third-order valence-corrected chi connectivity index (χ3v) is 1.42. The van der Waals surface area contributed by atoms with Crippen LogP contribution in [0.5, 0.6) is 0 Å². The summed E-state index contributed by atoms with van der Waals surface area (Å²) < 4.78 is 1.72. The van der Waals surface area contributed by atoms with E-state index in [9.17, 15) is 0 Å². The van der Waals surface area contributed by atoms with E-state index in [1.54, 1.807) is 23.3 Å². The molecule has 2 aromatic heterocycles. The summed E-state index contributed by atoms with van der Waals surface area (Å²) in [6.45, 7) is 0. The minimum Gasteiger partial charge on any atom is -0.471 e. The van der Waals surface area contributed by atoms with Gasteiger partial charge in [0.2, 0.25) is 0 Å². The quantitative estimate of drug-likeness (QED) is 0.502. The molecule has 0 aromatic carbocycles. The van der Waals surface area contributed by atoms with Gasteiger partial charge >= 0.3 is 0 Å². The van der Waals surface area contributed by atoms with Gasteiger partial charge < -0.3 is 9.55 Å². The second kappa shape index (κ2) is 1.73. The summed E-state index contributed by atoms with van der Waals surface area (Å²) in [6, 6.07) is 1.88. The Hall–Kier alpha value is -1.51. The predicted octanol–water partition coefficient (Wildman–Crippen LogP) is 1.07. The first-order chi connectivity index (χ1) is 4.88. The highest BCUT2D eigenvalue weighted by molar-refractivity contribution is 5.73. The lowest BCUT2D eigenvalue weighted by molar-refractivity contribution is 1.10. The second-order valence-corrected chi connectivity index (χ2v) is 2.08. The lowest BCUT2D eigenvalue weighted by Gasteiger charge is -1.99. The standard InChI is InChI=1S/C7H6N3/c1-10-5-9-6-4-8-3-2-7(6)10/h2-5H,1H2/q-1. The van der Waals surface area contributed by atoms with Crippen molar-refractivity contribution in [2.75, 3.05) is 0 Å². The van der Waals surface area contributed by atoms with Crippen LogP contribution in [-0.4, -0.2) is 14.5 Å². The largest absolute Gasteiger partial charge is 0.471 e. The second-order valence-electron chi connectivity index (χ2n) is 2.08. The fraction of sp³-hybridized carbons (Fsp3) is 0. The first-order valence-electron chi connectivity index (χ1n) is 2.96. The van der Waals surface area contributed by atoms with Crippen LogP contribution in [0.3, 0.4) is 0 Å². The molecule has 0 amide bonds. The average molecular weight is 132 g/mol. The molecule has 0 spiro atoms. The molecule has 0 radical (unpaired) electrons. The summed E-state index contributed by atoms with van der Waals surface area (Å²) in [4.78, 5) is 7.98. The smallest absolute Gasteiger partial charge is 0.0408 e. The normalized spacial score (nSPS) is 10.4. The van der Waals surface area contributed by atoms with E-state index < -0.39 is 0 Å². The van der Waals surface area contributed by atoms with Gasteiger partial charge in [-0.05, 0) is 11.8 Å². The van der Waals surface area contributed by atoms with E-state index in [-0.39, 0.29) is 0 Å². The summed E-state index contributed by atoms with van der Waals surface area (Å²) in [6.07, 6.45) is 5.12. The zero-order valence-corrected chi connectivity index (χ0v) is 5.36. The maximum atomic E-state index is 4.06. The van der Waals surface area contributed by atoms with E-state index in [0.717, 1.165) is 11.0 Å². The number of fused-ring (bicyclic) bond motifs is 1. The van der Waals surface area contributed by atoms with E-state index in [4.69, 9.17) is 0 Å². The molecule has 0 fully saturated rings. The molecular weight excluding hydrogens is 126 g/mol. The molecule has 2 aromatic rings. The summed E-state index contributed by atoms with van der Waals surface area (Å²) in [5.74, 6) is 0. The van der Waals surface area contributed by atoms with Crippen molar-refractivity contribution in [3.05, 3.63) is 31.8 Å². The summed E-state index contributed by atoms with van der Waals surface area (Å²) >= 11 is 0. The van der Waals surface area contributed by atoms with Crippen molar-refractivity contribution in [1.29, 1.82) is 0 Å². The molecule has 0 unspecified atom stereocenters. The number of hydrogen-bond acceptors (Lipinski definition) is 2. The minimum absolute atomic E-state index is 0.887. The molecule has 10 heavy (non-hydrogen) atoms. The Kier molecular flexibility index (Phi) is 0.917. The third kappa shape index (κ3) is 0.572. The van der Waals surface area contributed by atoms with Gasteiger partial charge in [-0.1, -0.05) is 6.07 Å². The number of rotatable bonds is 0. The van der Waals surface area contributed by atoms with Crippen LogP contribution in [0, 0.1) is 7.05 Å². The van der Waals surface area contributed by atoms with Gasteiger partial charge in [0.15, 0.2) is 0 Å². The Morgan fingerprint density at radius 1 is 1.50 bits per heavy atom. The molecule has 2 heterocycles. The summed E-state index contributed by atoms with van der Waals surface area (Å²) in [5, 5.41) is 0. The molecule has 50 valence electrons. The first kappa shape index (κ1) is 5.29. The molecule has 0 bridgehead atoms. The van der Waals surface area contributed by atoms with Crippen LogP contribution in [-0.2, 0) is 0 Å². The molecule has 0 aliphatic rings. The number of pyridine rings is 1. The predicted molar refractivity (Wildman–Crippen MR) is 38.3 cm³/mol. The van der Waals surface area contributed by atoms with E-state index in [2.05, 4.69) is 17.0 Å². The minimum atomic E-state index is 0.887. The number of imidazole rings is 1. The van der Waals surface area contributed by atoms with Crippen molar-refractivity contribution < 1.29 is 0 Å². The molecular formula is C7H6N3-. The van der Waals surface area contributed by atoms with Gasteiger partial charge in [-0.25, -0.2) is 0 Å². The van der Waals surface area contributed by atoms with Crippen molar-refractivity contribution in [3.8, 4) is 0 Å². The molecule has 0 saturated carbocycles. The lowest BCUT2D eigenvalue weighted by Crippen LogP contribution is -1.79.